The van der Waals surface area contributed by atoms with E-state index < -0.39 is 0 Å². The van der Waals surface area contributed by atoms with Gasteiger partial charge in [0.1, 0.15) is 5.75 Å². The maximum absolute atomic E-state index is 11.1. The van der Waals surface area contributed by atoms with Crippen molar-refractivity contribution in [2.45, 2.75) is 13.1 Å². The Balaban J connectivity index is 1.76. The van der Waals surface area contributed by atoms with Gasteiger partial charge in [-0.25, -0.2) is 0 Å². The molecule has 110 valence electrons. The smallest absolute Gasteiger partial charge is 0.257 e. The van der Waals surface area contributed by atoms with Crippen LogP contribution in [-0.4, -0.2) is 24.5 Å². The van der Waals surface area contributed by atoms with E-state index in [0.29, 0.717) is 5.75 Å². The van der Waals surface area contributed by atoms with E-state index in [1.165, 1.54) is 5.56 Å². The fourth-order valence-electron chi connectivity index (χ4n) is 1.78. The van der Waals surface area contributed by atoms with Gasteiger partial charge in [-0.15, -0.1) is 0 Å². The zero-order chi connectivity index (χ0) is 14.9. The van der Waals surface area contributed by atoms with Crippen molar-refractivity contribution in [2.75, 3.05) is 13.7 Å². The molecule has 0 aliphatic carbocycles. The van der Waals surface area contributed by atoms with Crippen molar-refractivity contribution in [3.63, 3.8) is 0 Å². The van der Waals surface area contributed by atoms with E-state index in [1.807, 2.05) is 36.4 Å². The molecule has 5 nitrogen and oxygen atoms in total. The summed E-state index contributed by atoms with van der Waals surface area (Å²) in [5, 5.41) is 5.88. The van der Waals surface area contributed by atoms with Gasteiger partial charge in [-0.2, -0.15) is 0 Å². The van der Waals surface area contributed by atoms with E-state index in [0.717, 1.165) is 18.7 Å². The molecule has 0 bridgehead atoms. The predicted molar refractivity (Wildman–Crippen MR) is 80.8 cm³/mol. The normalized spacial score (nSPS) is 10.1. The van der Waals surface area contributed by atoms with Crippen LogP contribution < -0.4 is 15.4 Å². The topological polar surface area (TPSA) is 63.2 Å². The molecule has 0 aliphatic rings. The Morgan fingerprint density at radius 1 is 1.05 bits per heavy atom. The Morgan fingerprint density at radius 3 is 2.29 bits per heavy atom. The number of rotatable bonds is 7. The number of carbonyl (C=O) groups is 1. The summed E-state index contributed by atoms with van der Waals surface area (Å²) in [4.78, 5) is 15.1. The number of carbonyl (C=O) groups excluding carboxylic acids is 1. The second-order valence-electron chi connectivity index (χ2n) is 4.56. The number of aromatic nitrogens is 1. The fourth-order valence-corrected chi connectivity index (χ4v) is 1.78. The van der Waals surface area contributed by atoms with Gasteiger partial charge in [0, 0.05) is 32.5 Å². The van der Waals surface area contributed by atoms with Crippen LogP contribution in [-0.2, 0) is 17.9 Å². The summed E-state index contributed by atoms with van der Waals surface area (Å²) in [5.41, 5.74) is 2.37. The van der Waals surface area contributed by atoms with Crippen LogP contribution in [0, 0.1) is 0 Å². The molecule has 0 fully saturated rings. The van der Waals surface area contributed by atoms with Crippen molar-refractivity contribution in [1.29, 1.82) is 0 Å². The van der Waals surface area contributed by atoms with Crippen molar-refractivity contribution in [2.24, 2.45) is 0 Å². The lowest BCUT2D eigenvalue weighted by atomic mass is 10.2. The summed E-state index contributed by atoms with van der Waals surface area (Å²) in [6.07, 6.45) is 3.57. The van der Waals surface area contributed by atoms with Crippen molar-refractivity contribution in [1.82, 2.24) is 15.6 Å². The van der Waals surface area contributed by atoms with E-state index in [2.05, 4.69) is 15.6 Å². The van der Waals surface area contributed by atoms with Crippen LogP contribution in [0.4, 0.5) is 0 Å². The minimum atomic E-state index is -0.141. The predicted octanol–water partition coefficient (Wildman–Crippen LogP) is 1.50. The number of pyridine rings is 1. The second kappa shape index (κ2) is 8.01. The number of hydrogen-bond donors (Lipinski definition) is 2. The average Bonchev–Trinajstić information content (AvgIpc) is 2.55. The number of nitrogens with one attached hydrogen (secondary N) is 2. The third kappa shape index (κ3) is 5.24. The molecule has 2 aromatic rings. The van der Waals surface area contributed by atoms with Gasteiger partial charge in [-0.3, -0.25) is 9.78 Å². The first-order chi connectivity index (χ1) is 10.3. The Kier molecular flexibility index (Phi) is 5.72. The fraction of sp³-hybridized carbons (Fsp3) is 0.250. The van der Waals surface area contributed by atoms with E-state index in [-0.39, 0.29) is 12.5 Å². The van der Waals surface area contributed by atoms with Crippen LogP contribution in [0.1, 0.15) is 11.1 Å². The number of nitrogens with zero attached hydrogens (tertiary/aromatic N) is 1. The van der Waals surface area contributed by atoms with Crippen LogP contribution in [0.25, 0.3) is 0 Å². The van der Waals surface area contributed by atoms with E-state index in [1.54, 1.807) is 19.4 Å². The van der Waals surface area contributed by atoms with Crippen LogP contribution in [0.3, 0.4) is 0 Å². The molecule has 0 radical (unpaired) electrons. The minimum absolute atomic E-state index is 0.0378. The number of likely N-dealkylation sites (N-methyl/N-ethyl adjacent to an activating group) is 1. The summed E-state index contributed by atoms with van der Waals surface area (Å²) in [6, 6.07) is 11.7. The summed E-state index contributed by atoms with van der Waals surface area (Å²) in [5.74, 6) is 0.551. The minimum Gasteiger partial charge on any atom is -0.484 e. The largest absolute Gasteiger partial charge is 0.484 e. The maximum Gasteiger partial charge on any atom is 0.257 e. The Labute approximate surface area is 124 Å². The molecule has 21 heavy (non-hydrogen) atoms. The summed E-state index contributed by atoms with van der Waals surface area (Å²) >= 11 is 0. The Hall–Kier alpha value is -2.40. The lowest BCUT2D eigenvalue weighted by Gasteiger charge is -2.07. The summed E-state index contributed by atoms with van der Waals surface area (Å²) in [7, 11) is 1.59. The molecule has 0 saturated carbocycles. The molecule has 0 spiro atoms. The van der Waals surface area contributed by atoms with Gasteiger partial charge in [0.25, 0.3) is 5.91 Å². The molecule has 2 N–H and O–H groups in total. The molecule has 5 heteroatoms. The highest BCUT2D eigenvalue weighted by Gasteiger charge is 2.00. The van der Waals surface area contributed by atoms with Crippen molar-refractivity contribution < 1.29 is 9.53 Å². The van der Waals surface area contributed by atoms with Gasteiger partial charge in [-0.05, 0) is 35.4 Å². The number of hydrogen-bond acceptors (Lipinski definition) is 4. The molecule has 0 aliphatic heterocycles. The third-order valence-corrected chi connectivity index (χ3v) is 2.98. The van der Waals surface area contributed by atoms with Gasteiger partial charge in [-0.1, -0.05) is 12.1 Å². The molecule has 1 aromatic carbocycles. The zero-order valence-electron chi connectivity index (χ0n) is 12.0. The van der Waals surface area contributed by atoms with Gasteiger partial charge in [0.2, 0.25) is 0 Å². The number of ether oxygens (including phenoxy) is 1. The highest BCUT2D eigenvalue weighted by Crippen LogP contribution is 2.12. The standard InChI is InChI=1S/C16H19N3O2/c1-17-16(20)12-21-15-4-2-13(3-5-15)10-19-11-14-6-8-18-9-7-14/h2-9,19H,10-12H2,1H3,(H,17,20). The Morgan fingerprint density at radius 2 is 1.67 bits per heavy atom. The number of amides is 1. The first-order valence-corrected chi connectivity index (χ1v) is 6.80. The van der Waals surface area contributed by atoms with Crippen molar-refractivity contribution in [3.8, 4) is 5.75 Å². The van der Waals surface area contributed by atoms with Gasteiger partial charge < -0.3 is 15.4 Å². The number of benzene rings is 1. The lowest BCUT2D eigenvalue weighted by molar-refractivity contribution is -0.122. The van der Waals surface area contributed by atoms with Crippen LogP contribution in [0.5, 0.6) is 5.75 Å². The highest BCUT2D eigenvalue weighted by molar-refractivity contribution is 5.77. The molecule has 0 unspecified atom stereocenters. The molecule has 0 atom stereocenters. The van der Waals surface area contributed by atoms with Crippen LogP contribution in [0.15, 0.2) is 48.8 Å². The third-order valence-electron chi connectivity index (χ3n) is 2.98. The highest BCUT2D eigenvalue weighted by atomic mass is 16.5. The second-order valence-corrected chi connectivity index (χ2v) is 4.56. The maximum atomic E-state index is 11.1. The molecule has 1 aromatic heterocycles. The molecule has 0 saturated heterocycles. The summed E-state index contributed by atoms with van der Waals surface area (Å²) in [6.45, 7) is 1.62. The first-order valence-electron chi connectivity index (χ1n) is 6.80. The van der Waals surface area contributed by atoms with Crippen molar-refractivity contribution in [3.05, 3.63) is 59.9 Å². The lowest BCUT2D eigenvalue weighted by Crippen LogP contribution is -2.24. The Bertz CT molecular complexity index is 555. The van der Waals surface area contributed by atoms with Gasteiger partial charge in [0.05, 0.1) is 0 Å². The monoisotopic (exact) mass is 285 g/mol. The molecule has 1 heterocycles. The van der Waals surface area contributed by atoms with Gasteiger partial charge in [0.15, 0.2) is 6.61 Å². The SMILES string of the molecule is CNC(=O)COc1ccc(CNCc2ccncc2)cc1. The van der Waals surface area contributed by atoms with E-state index in [9.17, 15) is 4.79 Å². The molecule has 2 rings (SSSR count). The van der Waals surface area contributed by atoms with Gasteiger partial charge >= 0.3 is 0 Å². The quantitative estimate of drug-likeness (QED) is 0.809. The van der Waals surface area contributed by atoms with Crippen LogP contribution >= 0.6 is 0 Å². The van der Waals surface area contributed by atoms with Crippen LogP contribution in [0.2, 0.25) is 0 Å². The molecular weight excluding hydrogens is 266 g/mol. The van der Waals surface area contributed by atoms with Crippen molar-refractivity contribution >= 4 is 5.91 Å². The molecular formula is C16H19N3O2. The zero-order valence-corrected chi connectivity index (χ0v) is 12.0. The van der Waals surface area contributed by atoms with E-state index >= 15 is 0 Å². The molecule has 1 amide bonds. The van der Waals surface area contributed by atoms with E-state index in [4.69, 9.17) is 4.74 Å². The average molecular weight is 285 g/mol. The summed E-state index contributed by atoms with van der Waals surface area (Å²) < 4.78 is 5.35. The first kappa shape index (κ1) is 15.0.